The SMILES string of the molecule is CO/C(C)=C(\C(C)=O)c1cccc2c(N(c3ccccc3)c3ccc4c(c3)C(C)(C)c3ccccc3-4)cccc12. The minimum Gasteiger partial charge on any atom is -0.501 e. The highest BCUT2D eigenvalue weighted by atomic mass is 16.5. The summed E-state index contributed by atoms with van der Waals surface area (Å²) in [6.45, 7) is 8.07. The summed E-state index contributed by atoms with van der Waals surface area (Å²) in [4.78, 5) is 15.1. The third-order valence-electron chi connectivity index (χ3n) is 8.26. The van der Waals surface area contributed by atoms with Crippen LogP contribution in [0.2, 0.25) is 0 Å². The van der Waals surface area contributed by atoms with E-state index < -0.39 is 0 Å². The molecular formula is C37H33NO2. The van der Waals surface area contributed by atoms with Crippen molar-refractivity contribution in [2.45, 2.75) is 33.1 Å². The highest BCUT2D eigenvalue weighted by Crippen LogP contribution is 2.51. The molecule has 5 aromatic carbocycles. The Hall–Kier alpha value is -4.63. The summed E-state index contributed by atoms with van der Waals surface area (Å²) in [6, 6.07) is 38.5. The number of rotatable bonds is 6. The number of Topliss-reactive ketones (excluding diaryl/α,β-unsaturated/α-hetero) is 1. The molecule has 0 heterocycles. The van der Waals surface area contributed by atoms with Gasteiger partial charge >= 0.3 is 0 Å². The summed E-state index contributed by atoms with van der Waals surface area (Å²) in [5, 5.41) is 2.07. The molecule has 40 heavy (non-hydrogen) atoms. The maximum absolute atomic E-state index is 12.8. The van der Waals surface area contributed by atoms with E-state index in [1.165, 1.54) is 22.3 Å². The minimum absolute atomic E-state index is 0.0161. The van der Waals surface area contributed by atoms with E-state index in [2.05, 4.69) is 110 Å². The van der Waals surface area contributed by atoms with Crippen LogP contribution in [0.3, 0.4) is 0 Å². The number of anilines is 3. The van der Waals surface area contributed by atoms with Gasteiger partial charge in [0.05, 0.1) is 18.4 Å². The average molecular weight is 524 g/mol. The number of methoxy groups -OCH3 is 1. The number of benzene rings is 5. The standard InChI is InChI=1S/C37H33NO2/c1-24(39)36(25(2)40-5)32-18-11-17-31-28(32)16-12-20-35(31)38(26-13-7-6-8-14-26)27-21-22-30-29-15-9-10-19-33(29)37(3,4)34(30)23-27/h6-23H,1-5H3/b36-25+. The lowest BCUT2D eigenvalue weighted by Crippen LogP contribution is -2.16. The molecule has 1 aliphatic carbocycles. The van der Waals surface area contributed by atoms with Crippen molar-refractivity contribution >= 4 is 39.2 Å². The van der Waals surface area contributed by atoms with Gasteiger partial charge in [-0.05, 0) is 77.4 Å². The van der Waals surface area contributed by atoms with E-state index in [-0.39, 0.29) is 11.2 Å². The number of nitrogens with zero attached hydrogens (tertiary/aromatic N) is 1. The van der Waals surface area contributed by atoms with Crippen molar-refractivity contribution in [2.24, 2.45) is 0 Å². The van der Waals surface area contributed by atoms with Crippen molar-refractivity contribution in [3.8, 4) is 11.1 Å². The van der Waals surface area contributed by atoms with Gasteiger partial charge in [0.25, 0.3) is 0 Å². The molecule has 0 fully saturated rings. The Morgan fingerprint density at radius 3 is 2.10 bits per heavy atom. The Morgan fingerprint density at radius 1 is 0.675 bits per heavy atom. The third kappa shape index (κ3) is 4.01. The molecule has 0 aromatic heterocycles. The van der Waals surface area contributed by atoms with Crippen LogP contribution in [0.5, 0.6) is 0 Å². The number of allylic oxidation sites excluding steroid dienone is 2. The van der Waals surface area contributed by atoms with E-state index in [0.29, 0.717) is 11.3 Å². The van der Waals surface area contributed by atoms with Gasteiger partial charge < -0.3 is 9.64 Å². The average Bonchev–Trinajstić information content (AvgIpc) is 3.20. The Kier molecular flexibility index (Phi) is 6.31. The first-order valence-corrected chi connectivity index (χ1v) is 13.7. The Bertz CT molecular complexity index is 1800. The first kappa shape index (κ1) is 25.6. The highest BCUT2D eigenvalue weighted by molar-refractivity contribution is 6.24. The highest BCUT2D eigenvalue weighted by Gasteiger charge is 2.35. The third-order valence-corrected chi connectivity index (χ3v) is 8.26. The van der Waals surface area contributed by atoms with Crippen LogP contribution >= 0.6 is 0 Å². The fourth-order valence-corrected chi connectivity index (χ4v) is 6.27. The number of ether oxygens (including phenoxy) is 1. The number of hydrogen-bond donors (Lipinski definition) is 0. The van der Waals surface area contributed by atoms with Crippen molar-refractivity contribution in [3.63, 3.8) is 0 Å². The van der Waals surface area contributed by atoms with Gasteiger partial charge in [0.1, 0.15) is 5.76 Å². The second-order valence-electron chi connectivity index (χ2n) is 10.9. The number of carbonyl (C=O) groups is 1. The number of fused-ring (bicyclic) bond motifs is 4. The van der Waals surface area contributed by atoms with Gasteiger partial charge in [-0.2, -0.15) is 0 Å². The zero-order valence-corrected chi connectivity index (χ0v) is 23.7. The number of carbonyl (C=O) groups excluding carboxylic acids is 1. The maximum atomic E-state index is 12.8. The van der Waals surface area contributed by atoms with Crippen molar-refractivity contribution in [2.75, 3.05) is 12.0 Å². The molecule has 0 saturated carbocycles. The molecule has 0 atom stereocenters. The van der Waals surface area contributed by atoms with Crippen LogP contribution in [0.4, 0.5) is 17.1 Å². The van der Waals surface area contributed by atoms with E-state index in [4.69, 9.17) is 4.74 Å². The molecule has 0 radical (unpaired) electrons. The Balaban J connectivity index is 1.60. The van der Waals surface area contributed by atoms with Gasteiger partial charge in [0.2, 0.25) is 0 Å². The zero-order chi connectivity index (χ0) is 28.0. The minimum atomic E-state index is -0.102. The second-order valence-corrected chi connectivity index (χ2v) is 10.9. The van der Waals surface area contributed by atoms with Crippen molar-refractivity contribution in [1.82, 2.24) is 0 Å². The van der Waals surface area contributed by atoms with Crippen molar-refractivity contribution in [3.05, 3.63) is 132 Å². The summed E-state index contributed by atoms with van der Waals surface area (Å²) >= 11 is 0. The molecule has 0 spiro atoms. The van der Waals surface area contributed by atoms with E-state index >= 15 is 0 Å². The lowest BCUT2D eigenvalue weighted by Gasteiger charge is -2.29. The molecular weight excluding hydrogens is 490 g/mol. The summed E-state index contributed by atoms with van der Waals surface area (Å²) in [7, 11) is 1.61. The smallest absolute Gasteiger partial charge is 0.163 e. The Labute approximate surface area is 236 Å². The molecule has 0 amide bonds. The van der Waals surface area contributed by atoms with Crippen LogP contribution in [-0.4, -0.2) is 12.9 Å². The molecule has 0 N–H and O–H groups in total. The monoisotopic (exact) mass is 523 g/mol. The molecule has 1 aliphatic rings. The van der Waals surface area contributed by atoms with Gasteiger partial charge in [-0.25, -0.2) is 0 Å². The second kappa shape index (κ2) is 9.84. The van der Waals surface area contributed by atoms with Crippen LogP contribution in [0.1, 0.15) is 44.4 Å². The Morgan fingerprint density at radius 2 is 1.35 bits per heavy atom. The summed E-state index contributed by atoms with van der Waals surface area (Å²) in [5.74, 6) is 0.600. The van der Waals surface area contributed by atoms with Crippen LogP contribution in [0.15, 0.2) is 115 Å². The lowest BCUT2D eigenvalue weighted by molar-refractivity contribution is -0.111. The van der Waals surface area contributed by atoms with Gasteiger partial charge in [-0.1, -0.05) is 92.7 Å². The summed E-state index contributed by atoms with van der Waals surface area (Å²) in [6.07, 6.45) is 0. The van der Waals surface area contributed by atoms with Gasteiger partial charge in [-0.15, -0.1) is 0 Å². The normalized spacial score (nSPS) is 13.8. The molecule has 3 nitrogen and oxygen atoms in total. The molecule has 0 unspecified atom stereocenters. The van der Waals surface area contributed by atoms with E-state index in [1.54, 1.807) is 14.0 Å². The van der Waals surface area contributed by atoms with Crippen LogP contribution in [0.25, 0.3) is 27.5 Å². The molecule has 0 aliphatic heterocycles. The van der Waals surface area contributed by atoms with Crippen molar-refractivity contribution in [1.29, 1.82) is 0 Å². The maximum Gasteiger partial charge on any atom is 0.163 e. The van der Waals surface area contributed by atoms with Crippen LogP contribution in [0, 0.1) is 0 Å². The lowest BCUT2D eigenvalue weighted by atomic mass is 9.82. The first-order valence-electron chi connectivity index (χ1n) is 13.7. The van der Waals surface area contributed by atoms with Crippen LogP contribution in [-0.2, 0) is 14.9 Å². The van der Waals surface area contributed by atoms with E-state index in [0.717, 1.165) is 33.4 Å². The number of hydrogen-bond acceptors (Lipinski definition) is 3. The fraction of sp³-hybridized carbons (Fsp3) is 0.162. The fourth-order valence-electron chi connectivity index (χ4n) is 6.27. The molecule has 3 heteroatoms. The molecule has 198 valence electrons. The predicted octanol–water partition coefficient (Wildman–Crippen LogP) is 9.58. The van der Waals surface area contributed by atoms with Gasteiger partial charge in [-0.3, -0.25) is 4.79 Å². The van der Waals surface area contributed by atoms with Gasteiger partial charge in [0.15, 0.2) is 5.78 Å². The molecule has 6 rings (SSSR count). The predicted molar refractivity (Wildman–Crippen MR) is 166 cm³/mol. The topological polar surface area (TPSA) is 29.5 Å². The van der Waals surface area contributed by atoms with E-state index in [1.807, 2.05) is 25.1 Å². The summed E-state index contributed by atoms with van der Waals surface area (Å²) < 4.78 is 5.53. The van der Waals surface area contributed by atoms with E-state index in [9.17, 15) is 4.79 Å². The number of para-hydroxylation sites is 1. The first-order chi connectivity index (χ1) is 19.3. The molecule has 5 aromatic rings. The van der Waals surface area contributed by atoms with Gasteiger partial charge in [0, 0.05) is 22.2 Å². The zero-order valence-electron chi connectivity index (χ0n) is 23.7. The quantitative estimate of drug-likeness (QED) is 0.164. The van der Waals surface area contributed by atoms with Crippen LogP contribution < -0.4 is 4.90 Å². The largest absolute Gasteiger partial charge is 0.501 e. The molecule has 0 saturated heterocycles. The van der Waals surface area contributed by atoms with Crippen molar-refractivity contribution < 1.29 is 9.53 Å². The summed E-state index contributed by atoms with van der Waals surface area (Å²) in [5.41, 5.74) is 9.90. The molecule has 0 bridgehead atoms. The number of ketones is 1.